The number of hydrogen-bond donors (Lipinski definition) is 0. The third-order valence-electron chi connectivity index (χ3n) is 2.83. The third kappa shape index (κ3) is 1.48. The molecule has 1 heterocycles. The van der Waals surface area contributed by atoms with Gasteiger partial charge >= 0.3 is 0 Å². The van der Waals surface area contributed by atoms with E-state index < -0.39 is 0 Å². The second-order valence-corrected chi connectivity index (χ2v) is 4.30. The van der Waals surface area contributed by atoms with Crippen LogP contribution in [-0.4, -0.2) is 4.98 Å². The number of aryl methyl sites for hydroxylation is 3. The van der Waals surface area contributed by atoms with Crippen molar-refractivity contribution in [2.45, 2.75) is 46.0 Å². The summed E-state index contributed by atoms with van der Waals surface area (Å²) in [7, 11) is 0. The molecule has 0 saturated heterocycles. The van der Waals surface area contributed by atoms with Crippen molar-refractivity contribution in [2.75, 3.05) is 0 Å². The highest BCUT2D eigenvalue weighted by molar-refractivity contribution is 5.33. The summed E-state index contributed by atoms with van der Waals surface area (Å²) in [6, 6.07) is 2.34. The zero-order chi connectivity index (χ0) is 9.42. The van der Waals surface area contributed by atoms with Gasteiger partial charge in [0.05, 0.1) is 0 Å². The molecule has 1 aliphatic rings. The first-order chi connectivity index (χ1) is 6.18. The summed E-state index contributed by atoms with van der Waals surface area (Å²) >= 11 is 0. The number of nitrogens with zero attached hydrogens (tertiary/aromatic N) is 1. The Labute approximate surface area is 80.2 Å². The molecule has 1 aromatic heterocycles. The molecule has 0 unspecified atom stereocenters. The topological polar surface area (TPSA) is 12.9 Å². The largest absolute Gasteiger partial charge is 0.257 e. The highest BCUT2D eigenvalue weighted by Gasteiger charge is 2.15. The smallest absolute Gasteiger partial charge is 0.0461 e. The molecule has 0 atom stereocenters. The van der Waals surface area contributed by atoms with Crippen molar-refractivity contribution in [3.8, 4) is 0 Å². The van der Waals surface area contributed by atoms with Crippen LogP contribution in [0.25, 0.3) is 0 Å². The Hall–Kier alpha value is -0.850. The van der Waals surface area contributed by atoms with Crippen LogP contribution in [-0.2, 0) is 12.8 Å². The van der Waals surface area contributed by atoms with Gasteiger partial charge in [-0.2, -0.15) is 0 Å². The third-order valence-corrected chi connectivity index (χ3v) is 2.83. The summed E-state index contributed by atoms with van der Waals surface area (Å²) in [5.41, 5.74) is 5.51. The Morgan fingerprint density at radius 2 is 2.08 bits per heavy atom. The molecule has 13 heavy (non-hydrogen) atoms. The second kappa shape index (κ2) is 3.13. The van der Waals surface area contributed by atoms with Crippen molar-refractivity contribution in [1.82, 2.24) is 4.98 Å². The van der Waals surface area contributed by atoms with E-state index in [-0.39, 0.29) is 0 Å². The Kier molecular flexibility index (Phi) is 2.10. The molecule has 1 nitrogen and oxygen atoms in total. The fourth-order valence-electron chi connectivity index (χ4n) is 2.19. The summed E-state index contributed by atoms with van der Waals surface area (Å²) in [4.78, 5) is 4.75. The number of aromatic nitrogens is 1. The predicted octanol–water partition coefficient (Wildman–Crippen LogP) is 3.00. The lowest BCUT2D eigenvalue weighted by Crippen LogP contribution is -2.00. The van der Waals surface area contributed by atoms with E-state index >= 15 is 0 Å². The van der Waals surface area contributed by atoms with E-state index in [9.17, 15) is 0 Å². The molecular weight excluding hydrogens is 158 g/mol. The summed E-state index contributed by atoms with van der Waals surface area (Å²) in [5.74, 6) is 0.561. The fraction of sp³-hybridized carbons (Fsp3) is 0.583. The SMILES string of the molecule is Cc1cc2c(nc1C(C)C)CCC2. The van der Waals surface area contributed by atoms with Gasteiger partial charge < -0.3 is 0 Å². The number of hydrogen-bond acceptors (Lipinski definition) is 1. The van der Waals surface area contributed by atoms with Crippen LogP contribution in [0.1, 0.15) is 48.7 Å². The Balaban J connectivity index is 2.49. The molecule has 0 aromatic carbocycles. The number of fused-ring (bicyclic) bond motifs is 1. The second-order valence-electron chi connectivity index (χ2n) is 4.30. The molecule has 0 aliphatic heterocycles. The first kappa shape index (κ1) is 8.74. The zero-order valence-electron chi connectivity index (χ0n) is 8.72. The van der Waals surface area contributed by atoms with Gasteiger partial charge in [-0.25, -0.2) is 0 Å². The van der Waals surface area contributed by atoms with E-state index in [4.69, 9.17) is 4.98 Å². The normalized spacial score (nSPS) is 15.1. The van der Waals surface area contributed by atoms with Crippen molar-refractivity contribution < 1.29 is 0 Å². The van der Waals surface area contributed by atoms with E-state index in [0.29, 0.717) is 5.92 Å². The Morgan fingerprint density at radius 3 is 2.77 bits per heavy atom. The average molecular weight is 175 g/mol. The molecule has 0 spiro atoms. The van der Waals surface area contributed by atoms with Crippen molar-refractivity contribution >= 4 is 0 Å². The van der Waals surface area contributed by atoms with Crippen LogP contribution in [0.4, 0.5) is 0 Å². The van der Waals surface area contributed by atoms with Crippen molar-refractivity contribution in [1.29, 1.82) is 0 Å². The van der Waals surface area contributed by atoms with Gasteiger partial charge in [-0.05, 0) is 43.2 Å². The minimum Gasteiger partial charge on any atom is -0.257 e. The average Bonchev–Trinajstić information content (AvgIpc) is 2.48. The molecule has 0 amide bonds. The maximum atomic E-state index is 4.75. The summed E-state index contributed by atoms with van der Waals surface area (Å²) in [5, 5.41) is 0. The van der Waals surface area contributed by atoms with Gasteiger partial charge in [0.25, 0.3) is 0 Å². The maximum absolute atomic E-state index is 4.75. The van der Waals surface area contributed by atoms with Gasteiger partial charge in [-0.3, -0.25) is 4.98 Å². The number of rotatable bonds is 1. The maximum Gasteiger partial charge on any atom is 0.0461 e. The van der Waals surface area contributed by atoms with E-state index in [0.717, 1.165) is 0 Å². The van der Waals surface area contributed by atoms with Gasteiger partial charge in [0.15, 0.2) is 0 Å². The molecular formula is C12H17N. The molecule has 0 bridgehead atoms. The molecule has 0 radical (unpaired) electrons. The van der Waals surface area contributed by atoms with Crippen molar-refractivity contribution in [3.05, 3.63) is 28.6 Å². The van der Waals surface area contributed by atoms with E-state index in [2.05, 4.69) is 26.8 Å². The lowest BCUT2D eigenvalue weighted by Gasteiger charge is -2.10. The highest BCUT2D eigenvalue weighted by atomic mass is 14.7. The lowest BCUT2D eigenvalue weighted by atomic mass is 10.0. The molecule has 1 heteroatoms. The standard InChI is InChI=1S/C12H17N/c1-8(2)12-9(3)7-10-5-4-6-11(10)13-12/h7-8H,4-6H2,1-3H3. The molecule has 1 aliphatic carbocycles. The quantitative estimate of drug-likeness (QED) is 0.639. The number of pyridine rings is 1. The lowest BCUT2D eigenvalue weighted by molar-refractivity contribution is 0.796. The first-order valence-electron chi connectivity index (χ1n) is 5.18. The first-order valence-corrected chi connectivity index (χ1v) is 5.18. The highest BCUT2D eigenvalue weighted by Crippen LogP contribution is 2.25. The van der Waals surface area contributed by atoms with Gasteiger partial charge in [0.2, 0.25) is 0 Å². The van der Waals surface area contributed by atoms with Crippen LogP contribution in [0, 0.1) is 6.92 Å². The Morgan fingerprint density at radius 1 is 1.31 bits per heavy atom. The van der Waals surface area contributed by atoms with Crippen LogP contribution in [0.5, 0.6) is 0 Å². The molecule has 0 N–H and O–H groups in total. The molecule has 1 aromatic rings. The van der Waals surface area contributed by atoms with Gasteiger partial charge in [-0.15, -0.1) is 0 Å². The van der Waals surface area contributed by atoms with Crippen LogP contribution < -0.4 is 0 Å². The van der Waals surface area contributed by atoms with Gasteiger partial charge in [-0.1, -0.05) is 19.9 Å². The van der Waals surface area contributed by atoms with E-state index in [1.807, 2.05) is 0 Å². The zero-order valence-corrected chi connectivity index (χ0v) is 8.72. The summed E-state index contributed by atoms with van der Waals surface area (Å²) in [6.07, 6.45) is 3.72. The van der Waals surface area contributed by atoms with E-state index in [1.54, 1.807) is 0 Å². The fourth-order valence-corrected chi connectivity index (χ4v) is 2.19. The minimum atomic E-state index is 0.561. The summed E-state index contributed by atoms with van der Waals surface area (Å²) in [6.45, 7) is 6.62. The monoisotopic (exact) mass is 175 g/mol. The minimum absolute atomic E-state index is 0.561. The van der Waals surface area contributed by atoms with E-state index in [1.165, 1.54) is 41.8 Å². The van der Waals surface area contributed by atoms with Crippen LogP contribution >= 0.6 is 0 Å². The molecule has 2 rings (SSSR count). The van der Waals surface area contributed by atoms with Crippen molar-refractivity contribution in [2.24, 2.45) is 0 Å². The van der Waals surface area contributed by atoms with Crippen LogP contribution in [0.3, 0.4) is 0 Å². The predicted molar refractivity (Wildman–Crippen MR) is 55.1 cm³/mol. The molecule has 0 fully saturated rings. The summed E-state index contributed by atoms with van der Waals surface area (Å²) < 4.78 is 0. The van der Waals surface area contributed by atoms with Gasteiger partial charge in [0, 0.05) is 11.4 Å². The molecule has 70 valence electrons. The van der Waals surface area contributed by atoms with Gasteiger partial charge in [0.1, 0.15) is 0 Å². The van der Waals surface area contributed by atoms with Crippen LogP contribution in [0.15, 0.2) is 6.07 Å². The van der Waals surface area contributed by atoms with Crippen LogP contribution in [0.2, 0.25) is 0 Å². The Bertz CT molecular complexity index is 326. The van der Waals surface area contributed by atoms with Crippen molar-refractivity contribution in [3.63, 3.8) is 0 Å². The molecule has 0 saturated carbocycles.